The van der Waals surface area contributed by atoms with Gasteiger partial charge in [-0.2, -0.15) is 0 Å². The molecule has 138 valence electrons. The first-order chi connectivity index (χ1) is 12.2. The molecule has 2 aromatic carbocycles. The van der Waals surface area contributed by atoms with Crippen LogP contribution in [0.3, 0.4) is 0 Å². The normalized spacial score (nSPS) is 16.6. The first-order valence-corrected chi connectivity index (χ1v) is 9.84. The standard InChI is InChI=1S/C19H22N2O4S/c1-12-5-6-13(2)17(9-12)20-26(23,24)16-7-8-19-18(10-16)21(15(4)22)11-14(3)25-19/h5-10,14,20H,11H2,1-4H3/t14-/m1/s1. The minimum Gasteiger partial charge on any atom is -0.487 e. The Balaban J connectivity index is 2.00. The van der Waals surface area contributed by atoms with Gasteiger partial charge in [-0.3, -0.25) is 9.52 Å². The lowest BCUT2D eigenvalue weighted by molar-refractivity contribution is -0.117. The molecule has 1 aliphatic rings. The second kappa shape index (κ2) is 6.64. The highest BCUT2D eigenvalue weighted by Gasteiger charge is 2.28. The minimum atomic E-state index is -3.79. The largest absolute Gasteiger partial charge is 0.487 e. The average Bonchev–Trinajstić information content (AvgIpc) is 2.56. The van der Waals surface area contributed by atoms with Gasteiger partial charge in [0, 0.05) is 6.92 Å². The molecule has 1 aliphatic heterocycles. The van der Waals surface area contributed by atoms with Crippen LogP contribution in [0.4, 0.5) is 11.4 Å². The number of aryl methyl sites for hydroxylation is 2. The van der Waals surface area contributed by atoms with Crippen molar-refractivity contribution >= 4 is 27.3 Å². The lowest BCUT2D eigenvalue weighted by Gasteiger charge is -2.33. The number of carbonyl (C=O) groups is 1. The molecule has 0 aromatic heterocycles. The summed E-state index contributed by atoms with van der Waals surface area (Å²) in [5.41, 5.74) is 2.80. The van der Waals surface area contributed by atoms with Crippen LogP contribution in [-0.4, -0.2) is 27.0 Å². The molecular formula is C19H22N2O4S. The summed E-state index contributed by atoms with van der Waals surface area (Å²) < 4.78 is 34.0. The molecule has 0 fully saturated rings. The number of amides is 1. The highest BCUT2D eigenvalue weighted by molar-refractivity contribution is 7.92. The number of anilines is 2. The summed E-state index contributed by atoms with van der Waals surface area (Å²) in [6.45, 7) is 7.45. The number of fused-ring (bicyclic) bond motifs is 1. The molecular weight excluding hydrogens is 352 g/mol. The number of hydrogen-bond acceptors (Lipinski definition) is 4. The van der Waals surface area contributed by atoms with Gasteiger partial charge in [0.15, 0.2) is 0 Å². The summed E-state index contributed by atoms with van der Waals surface area (Å²) in [6.07, 6.45) is -0.151. The lowest BCUT2D eigenvalue weighted by atomic mass is 10.1. The third-order valence-corrected chi connectivity index (χ3v) is 5.68. The summed E-state index contributed by atoms with van der Waals surface area (Å²) in [4.78, 5) is 13.6. The molecule has 0 saturated carbocycles. The molecule has 0 aliphatic carbocycles. The van der Waals surface area contributed by atoms with Gasteiger partial charge in [0.1, 0.15) is 11.9 Å². The van der Waals surface area contributed by atoms with E-state index >= 15 is 0 Å². The summed E-state index contributed by atoms with van der Waals surface area (Å²) >= 11 is 0. The van der Waals surface area contributed by atoms with Gasteiger partial charge < -0.3 is 9.64 Å². The molecule has 1 heterocycles. The van der Waals surface area contributed by atoms with Crippen LogP contribution < -0.4 is 14.4 Å². The van der Waals surface area contributed by atoms with Crippen LogP contribution in [0.1, 0.15) is 25.0 Å². The number of nitrogens with one attached hydrogen (secondary N) is 1. The van der Waals surface area contributed by atoms with E-state index in [1.165, 1.54) is 19.1 Å². The van der Waals surface area contributed by atoms with Gasteiger partial charge in [-0.05, 0) is 56.2 Å². The van der Waals surface area contributed by atoms with E-state index in [9.17, 15) is 13.2 Å². The quantitative estimate of drug-likeness (QED) is 0.895. The summed E-state index contributed by atoms with van der Waals surface area (Å²) in [6, 6.07) is 10.2. The van der Waals surface area contributed by atoms with E-state index in [1.807, 2.05) is 32.9 Å². The Labute approximate surface area is 153 Å². The van der Waals surface area contributed by atoms with Gasteiger partial charge in [-0.1, -0.05) is 12.1 Å². The van der Waals surface area contributed by atoms with Gasteiger partial charge in [0.25, 0.3) is 10.0 Å². The van der Waals surface area contributed by atoms with E-state index in [4.69, 9.17) is 4.74 Å². The molecule has 6 nitrogen and oxygen atoms in total. The van der Waals surface area contributed by atoms with Crippen molar-refractivity contribution in [1.29, 1.82) is 0 Å². The van der Waals surface area contributed by atoms with Crippen molar-refractivity contribution in [3.63, 3.8) is 0 Å². The molecule has 0 bridgehead atoms. The number of carbonyl (C=O) groups excluding carboxylic acids is 1. The van der Waals surface area contributed by atoms with Crippen molar-refractivity contribution in [3.05, 3.63) is 47.5 Å². The number of ether oxygens (including phenoxy) is 1. The summed E-state index contributed by atoms with van der Waals surface area (Å²) in [5.74, 6) is 0.350. The molecule has 0 unspecified atom stereocenters. The van der Waals surface area contributed by atoms with Crippen LogP contribution in [0.25, 0.3) is 0 Å². The van der Waals surface area contributed by atoms with Gasteiger partial charge in [0.05, 0.1) is 22.8 Å². The van der Waals surface area contributed by atoms with E-state index in [1.54, 1.807) is 17.0 Å². The van der Waals surface area contributed by atoms with E-state index in [2.05, 4.69) is 4.72 Å². The van der Waals surface area contributed by atoms with Crippen LogP contribution in [-0.2, 0) is 14.8 Å². The van der Waals surface area contributed by atoms with Crippen molar-refractivity contribution in [2.24, 2.45) is 0 Å². The van der Waals surface area contributed by atoms with E-state index < -0.39 is 10.0 Å². The monoisotopic (exact) mass is 374 g/mol. The third-order valence-electron chi connectivity index (χ3n) is 4.32. The predicted molar refractivity (Wildman–Crippen MR) is 101 cm³/mol. The summed E-state index contributed by atoms with van der Waals surface area (Å²) in [5, 5.41) is 0. The molecule has 26 heavy (non-hydrogen) atoms. The van der Waals surface area contributed by atoms with Crippen LogP contribution in [0, 0.1) is 13.8 Å². The van der Waals surface area contributed by atoms with Crippen LogP contribution in [0.5, 0.6) is 5.75 Å². The van der Waals surface area contributed by atoms with Gasteiger partial charge in [-0.15, -0.1) is 0 Å². The van der Waals surface area contributed by atoms with Gasteiger partial charge in [-0.25, -0.2) is 8.42 Å². The second-order valence-electron chi connectivity index (χ2n) is 6.61. The van der Waals surface area contributed by atoms with Crippen LogP contribution in [0.15, 0.2) is 41.3 Å². The molecule has 0 saturated heterocycles. The lowest BCUT2D eigenvalue weighted by Crippen LogP contribution is -2.41. The molecule has 7 heteroatoms. The number of rotatable bonds is 3. The number of benzene rings is 2. The molecule has 1 N–H and O–H groups in total. The molecule has 3 rings (SSSR count). The number of hydrogen-bond donors (Lipinski definition) is 1. The van der Waals surface area contributed by atoms with E-state index in [0.717, 1.165) is 11.1 Å². The fourth-order valence-electron chi connectivity index (χ4n) is 2.93. The Morgan fingerprint density at radius 1 is 1.19 bits per heavy atom. The molecule has 1 amide bonds. The minimum absolute atomic E-state index is 0.0848. The Bertz CT molecular complexity index is 969. The maximum atomic E-state index is 12.8. The van der Waals surface area contributed by atoms with Crippen molar-refractivity contribution in [2.45, 2.75) is 38.7 Å². The number of nitrogens with zero attached hydrogens (tertiary/aromatic N) is 1. The Morgan fingerprint density at radius 2 is 1.92 bits per heavy atom. The third kappa shape index (κ3) is 3.53. The smallest absolute Gasteiger partial charge is 0.261 e. The summed E-state index contributed by atoms with van der Waals surface area (Å²) in [7, 11) is -3.79. The van der Waals surface area contributed by atoms with E-state index in [0.29, 0.717) is 23.7 Å². The van der Waals surface area contributed by atoms with Crippen molar-refractivity contribution < 1.29 is 17.9 Å². The fraction of sp³-hybridized carbons (Fsp3) is 0.316. The zero-order valence-electron chi connectivity index (χ0n) is 15.2. The Hall–Kier alpha value is -2.54. The zero-order valence-corrected chi connectivity index (χ0v) is 16.1. The zero-order chi connectivity index (χ0) is 19.1. The van der Waals surface area contributed by atoms with Gasteiger partial charge in [0.2, 0.25) is 5.91 Å². The predicted octanol–water partition coefficient (Wildman–Crippen LogP) is 3.24. The first-order valence-electron chi connectivity index (χ1n) is 8.36. The fourth-order valence-corrected chi connectivity index (χ4v) is 4.07. The van der Waals surface area contributed by atoms with Gasteiger partial charge >= 0.3 is 0 Å². The molecule has 2 aromatic rings. The van der Waals surface area contributed by atoms with E-state index in [-0.39, 0.29) is 16.9 Å². The van der Waals surface area contributed by atoms with Crippen LogP contribution in [0.2, 0.25) is 0 Å². The average molecular weight is 374 g/mol. The van der Waals surface area contributed by atoms with Crippen molar-refractivity contribution in [3.8, 4) is 5.75 Å². The van der Waals surface area contributed by atoms with Crippen molar-refractivity contribution in [1.82, 2.24) is 0 Å². The molecule has 0 spiro atoms. The maximum absolute atomic E-state index is 12.8. The maximum Gasteiger partial charge on any atom is 0.261 e. The topological polar surface area (TPSA) is 75.7 Å². The SMILES string of the molecule is CC(=O)N1C[C@@H](C)Oc2ccc(S(=O)(=O)Nc3cc(C)ccc3C)cc21. The highest BCUT2D eigenvalue weighted by atomic mass is 32.2. The van der Waals surface area contributed by atoms with Crippen molar-refractivity contribution in [2.75, 3.05) is 16.2 Å². The Morgan fingerprint density at radius 3 is 2.62 bits per heavy atom. The highest BCUT2D eigenvalue weighted by Crippen LogP contribution is 2.36. The van der Waals surface area contributed by atoms with Crippen LogP contribution >= 0.6 is 0 Å². The second-order valence-corrected chi connectivity index (χ2v) is 8.29. The first kappa shape index (κ1) is 18.3. The molecule has 1 atom stereocenters. The number of sulfonamides is 1. The Kier molecular flexibility index (Phi) is 4.66. The molecule has 0 radical (unpaired) electrons.